The number of aliphatic hydroxyl groups excluding tert-OH is 1. The molecule has 1 aliphatic rings. The van der Waals surface area contributed by atoms with Crippen molar-refractivity contribution in [2.45, 2.75) is 18.6 Å². The molecular formula is C18H16N4O2. The van der Waals surface area contributed by atoms with E-state index >= 15 is 0 Å². The molecule has 0 saturated heterocycles. The van der Waals surface area contributed by atoms with Gasteiger partial charge < -0.3 is 10.4 Å². The van der Waals surface area contributed by atoms with E-state index in [2.05, 4.69) is 15.4 Å². The molecule has 1 aliphatic carbocycles. The molecule has 3 aromatic rings. The average molecular weight is 320 g/mol. The number of fused-ring (bicyclic) bond motifs is 1. The van der Waals surface area contributed by atoms with Crippen molar-refractivity contribution in [3.8, 4) is 5.82 Å². The first-order chi connectivity index (χ1) is 11.7. The van der Waals surface area contributed by atoms with E-state index in [1.165, 1.54) is 0 Å². The number of rotatable bonds is 3. The van der Waals surface area contributed by atoms with Crippen LogP contribution >= 0.6 is 0 Å². The first-order valence-corrected chi connectivity index (χ1v) is 7.76. The number of hydrogen-bond donors (Lipinski definition) is 2. The number of hydrogen-bond acceptors (Lipinski definition) is 4. The SMILES string of the molecule is O=C(NC1c2ccccc2CC1O)c1cccc(-n2cccn2)n1. The second-order valence-corrected chi connectivity index (χ2v) is 5.75. The lowest BCUT2D eigenvalue weighted by Gasteiger charge is -2.17. The van der Waals surface area contributed by atoms with Gasteiger partial charge in [-0.15, -0.1) is 0 Å². The number of aliphatic hydroxyl groups is 1. The largest absolute Gasteiger partial charge is 0.390 e. The minimum absolute atomic E-state index is 0.291. The van der Waals surface area contributed by atoms with Crippen LogP contribution in [0.2, 0.25) is 0 Å². The Morgan fingerprint density at radius 1 is 1.17 bits per heavy atom. The zero-order chi connectivity index (χ0) is 16.5. The first-order valence-electron chi connectivity index (χ1n) is 7.76. The molecule has 2 N–H and O–H groups in total. The monoisotopic (exact) mass is 320 g/mol. The van der Waals surface area contributed by atoms with Crippen LogP contribution in [-0.2, 0) is 6.42 Å². The summed E-state index contributed by atoms with van der Waals surface area (Å²) in [5, 5.41) is 17.3. The van der Waals surface area contributed by atoms with Crippen molar-refractivity contribution in [1.29, 1.82) is 0 Å². The van der Waals surface area contributed by atoms with E-state index in [-0.39, 0.29) is 5.91 Å². The van der Waals surface area contributed by atoms with Gasteiger partial charge in [-0.2, -0.15) is 5.10 Å². The summed E-state index contributed by atoms with van der Waals surface area (Å²) in [5.74, 6) is 0.254. The van der Waals surface area contributed by atoms with E-state index in [1.54, 1.807) is 41.3 Å². The molecule has 1 aromatic carbocycles. The highest BCUT2D eigenvalue weighted by Gasteiger charge is 2.32. The van der Waals surface area contributed by atoms with Gasteiger partial charge in [-0.1, -0.05) is 30.3 Å². The normalized spacial score (nSPS) is 19.0. The Balaban J connectivity index is 1.58. The van der Waals surface area contributed by atoms with Gasteiger partial charge in [0.1, 0.15) is 5.69 Å². The molecule has 1 amide bonds. The maximum absolute atomic E-state index is 12.6. The quantitative estimate of drug-likeness (QED) is 0.769. The third kappa shape index (κ3) is 2.57. The van der Waals surface area contributed by atoms with Crippen LogP contribution < -0.4 is 5.32 Å². The molecule has 0 fully saturated rings. The topological polar surface area (TPSA) is 80.0 Å². The van der Waals surface area contributed by atoms with E-state index in [1.807, 2.05) is 24.3 Å². The number of carbonyl (C=O) groups is 1. The summed E-state index contributed by atoms with van der Waals surface area (Å²) in [6.07, 6.45) is 3.34. The van der Waals surface area contributed by atoms with Gasteiger partial charge in [0.05, 0.1) is 12.1 Å². The van der Waals surface area contributed by atoms with Crippen molar-refractivity contribution in [2.75, 3.05) is 0 Å². The van der Waals surface area contributed by atoms with Crippen molar-refractivity contribution < 1.29 is 9.90 Å². The van der Waals surface area contributed by atoms with Gasteiger partial charge in [0, 0.05) is 18.8 Å². The van der Waals surface area contributed by atoms with Crippen LogP contribution in [0.4, 0.5) is 0 Å². The lowest BCUT2D eigenvalue weighted by molar-refractivity contribution is 0.0853. The maximum Gasteiger partial charge on any atom is 0.270 e. The first kappa shape index (κ1) is 14.6. The van der Waals surface area contributed by atoms with Gasteiger partial charge >= 0.3 is 0 Å². The molecule has 2 aromatic heterocycles. The molecule has 0 saturated carbocycles. The van der Waals surface area contributed by atoms with Gasteiger partial charge in [0.25, 0.3) is 5.91 Å². The van der Waals surface area contributed by atoms with Gasteiger partial charge in [0.15, 0.2) is 5.82 Å². The summed E-state index contributed by atoms with van der Waals surface area (Å²) in [7, 11) is 0. The van der Waals surface area contributed by atoms with E-state index in [4.69, 9.17) is 0 Å². The van der Waals surface area contributed by atoms with Gasteiger partial charge in [0.2, 0.25) is 0 Å². The van der Waals surface area contributed by atoms with Gasteiger partial charge in [-0.25, -0.2) is 9.67 Å². The number of carbonyl (C=O) groups excluding carboxylic acids is 1. The smallest absolute Gasteiger partial charge is 0.270 e. The Morgan fingerprint density at radius 3 is 2.88 bits per heavy atom. The summed E-state index contributed by atoms with van der Waals surface area (Å²) in [6.45, 7) is 0. The van der Waals surface area contributed by atoms with E-state index < -0.39 is 12.1 Å². The number of benzene rings is 1. The Bertz CT molecular complexity index is 876. The highest BCUT2D eigenvalue weighted by atomic mass is 16.3. The highest BCUT2D eigenvalue weighted by Crippen LogP contribution is 2.31. The Hall–Kier alpha value is -2.99. The fourth-order valence-corrected chi connectivity index (χ4v) is 3.04. The number of nitrogens with one attached hydrogen (secondary N) is 1. The molecule has 6 heteroatoms. The predicted molar refractivity (Wildman–Crippen MR) is 87.7 cm³/mol. The third-order valence-electron chi connectivity index (χ3n) is 4.20. The van der Waals surface area contributed by atoms with E-state index in [0.29, 0.717) is 17.9 Å². The Morgan fingerprint density at radius 2 is 2.04 bits per heavy atom. The van der Waals surface area contributed by atoms with Crippen LogP contribution in [0.15, 0.2) is 60.9 Å². The van der Waals surface area contributed by atoms with Crippen molar-refractivity contribution in [1.82, 2.24) is 20.1 Å². The van der Waals surface area contributed by atoms with Crippen LogP contribution in [0.3, 0.4) is 0 Å². The van der Waals surface area contributed by atoms with Crippen molar-refractivity contribution >= 4 is 5.91 Å². The second-order valence-electron chi connectivity index (χ2n) is 5.75. The molecule has 0 spiro atoms. The van der Waals surface area contributed by atoms with Crippen LogP contribution in [0.25, 0.3) is 5.82 Å². The molecule has 2 heterocycles. The highest BCUT2D eigenvalue weighted by molar-refractivity contribution is 5.92. The maximum atomic E-state index is 12.6. The lowest BCUT2D eigenvalue weighted by Crippen LogP contribution is -2.34. The fraction of sp³-hybridized carbons (Fsp3) is 0.167. The number of amides is 1. The van der Waals surface area contributed by atoms with Gasteiger partial charge in [-0.3, -0.25) is 4.79 Å². The van der Waals surface area contributed by atoms with Crippen LogP contribution in [0.1, 0.15) is 27.7 Å². The molecule has 0 bridgehead atoms. The Labute approximate surface area is 138 Å². The lowest BCUT2D eigenvalue weighted by atomic mass is 10.1. The molecular weight excluding hydrogens is 304 g/mol. The summed E-state index contributed by atoms with van der Waals surface area (Å²) in [6, 6.07) is 14.3. The van der Waals surface area contributed by atoms with E-state index in [0.717, 1.165) is 11.1 Å². The molecule has 6 nitrogen and oxygen atoms in total. The van der Waals surface area contributed by atoms with Crippen molar-refractivity contribution in [3.05, 3.63) is 77.7 Å². The standard InChI is InChI=1S/C18H16N4O2/c23-15-11-12-5-1-2-6-13(12)17(15)21-18(24)14-7-3-8-16(20-14)22-10-4-9-19-22/h1-10,15,17,23H,11H2,(H,21,24). The number of aromatic nitrogens is 3. The van der Waals surface area contributed by atoms with Crippen molar-refractivity contribution in [3.63, 3.8) is 0 Å². The zero-order valence-corrected chi connectivity index (χ0v) is 12.8. The summed E-state index contributed by atoms with van der Waals surface area (Å²) >= 11 is 0. The fourth-order valence-electron chi connectivity index (χ4n) is 3.04. The molecule has 4 rings (SSSR count). The number of nitrogens with zero attached hydrogens (tertiary/aromatic N) is 3. The molecule has 0 radical (unpaired) electrons. The molecule has 2 atom stereocenters. The summed E-state index contributed by atoms with van der Waals surface area (Å²) in [5.41, 5.74) is 2.31. The van der Waals surface area contributed by atoms with Crippen molar-refractivity contribution in [2.24, 2.45) is 0 Å². The number of pyridine rings is 1. The summed E-state index contributed by atoms with van der Waals surface area (Å²) in [4.78, 5) is 16.9. The third-order valence-corrected chi connectivity index (χ3v) is 4.20. The van der Waals surface area contributed by atoms with Crippen LogP contribution in [0, 0.1) is 0 Å². The molecule has 2 unspecified atom stereocenters. The van der Waals surface area contributed by atoms with Gasteiger partial charge in [-0.05, 0) is 29.3 Å². The Kier molecular flexibility index (Phi) is 3.59. The average Bonchev–Trinajstić information content (AvgIpc) is 3.24. The zero-order valence-electron chi connectivity index (χ0n) is 12.8. The molecule has 0 aliphatic heterocycles. The van der Waals surface area contributed by atoms with Crippen LogP contribution in [-0.4, -0.2) is 31.9 Å². The minimum atomic E-state index is -0.624. The summed E-state index contributed by atoms with van der Waals surface area (Å²) < 4.78 is 1.59. The molecule has 120 valence electrons. The molecule has 24 heavy (non-hydrogen) atoms. The predicted octanol–water partition coefficient (Wildman–Crippen LogP) is 1.66. The second kappa shape index (κ2) is 5.90. The minimum Gasteiger partial charge on any atom is -0.390 e. The van der Waals surface area contributed by atoms with E-state index in [9.17, 15) is 9.90 Å². The van der Waals surface area contributed by atoms with Crippen LogP contribution in [0.5, 0.6) is 0 Å².